The zero-order chi connectivity index (χ0) is 18.2. The molecule has 0 N–H and O–H groups in total. The molecule has 3 rings (SSSR count). The van der Waals surface area contributed by atoms with Crippen molar-refractivity contribution in [1.82, 2.24) is 4.90 Å². The highest BCUT2D eigenvalue weighted by molar-refractivity contribution is 5.93. The second-order valence-corrected chi connectivity index (χ2v) is 6.72. The molecule has 1 atom stereocenters. The van der Waals surface area contributed by atoms with Crippen molar-refractivity contribution in [2.75, 3.05) is 37.7 Å². The maximum atomic E-state index is 12.4. The fourth-order valence-electron chi connectivity index (χ4n) is 3.38. The van der Waals surface area contributed by atoms with Crippen LogP contribution in [-0.2, 0) is 16.0 Å². The second-order valence-electron chi connectivity index (χ2n) is 6.72. The van der Waals surface area contributed by atoms with Gasteiger partial charge in [0.05, 0.1) is 19.3 Å². The summed E-state index contributed by atoms with van der Waals surface area (Å²) in [5, 5.41) is 0. The fourth-order valence-corrected chi connectivity index (χ4v) is 3.38. The van der Waals surface area contributed by atoms with Crippen molar-refractivity contribution in [2.45, 2.75) is 25.9 Å². The third-order valence-electron chi connectivity index (χ3n) is 4.84. The number of hydrogen-bond acceptors (Lipinski definition) is 3. The van der Waals surface area contributed by atoms with Crippen LogP contribution in [0.3, 0.4) is 0 Å². The first kappa shape index (κ1) is 18.6. The third-order valence-corrected chi connectivity index (χ3v) is 4.84. The number of para-hydroxylation sites is 1. The Labute approximate surface area is 156 Å². The average Bonchev–Trinajstić information content (AvgIpc) is 2.72. The number of morpholine rings is 1. The molecule has 138 valence electrons. The van der Waals surface area contributed by atoms with Gasteiger partial charge in [-0.05, 0) is 24.1 Å². The Bertz CT molecular complexity index is 675. The lowest BCUT2D eigenvalue weighted by Gasteiger charge is -2.35. The number of carbonyl (C=O) groups excluding carboxylic acids is 1. The van der Waals surface area contributed by atoms with Gasteiger partial charge in [0.25, 0.3) is 0 Å². The highest BCUT2D eigenvalue weighted by Gasteiger charge is 2.25. The molecule has 1 aliphatic rings. The van der Waals surface area contributed by atoms with Gasteiger partial charge in [-0.25, -0.2) is 0 Å². The maximum absolute atomic E-state index is 12.4. The van der Waals surface area contributed by atoms with Gasteiger partial charge in [0.1, 0.15) is 0 Å². The first-order valence-electron chi connectivity index (χ1n) is 9.49. The molecule has 0 aromatic heterocycles. The number of hydrogen-bond donors (Lipinski definition) is 0. The molecule has 26 heavy (non-hydrogen) atoms. The molecule has 0 bridgehead atoms. The summed E-state index contributed by atoms with van der Waals surface area (Å²) < 4.78 is 5.97. The normalized spacial score (nSPS) is 17.8. The molecule has 1 aliphatic heterocycles. The summed E-state index contributed by atoms with van der Waals surface area (Å²) in [6.07, 6.45) is 1.60. The van der Waals surface area contributed by atoms with E-state index in [0.29, 0.717) is 13.0 Å². The van der Waals surface area contributed by atoms with Crippen LogP contribution in [-0.4, -0.2) is 49.7 Å². The first-order valence-corrected chi connectivity index (χ1v) is 9.49. The largest absolute Gasteiger partial charge is 0.374 e. The predicted octanol–water partition coefficient (Wildman–Crippen LogP) is 3.37. The van der Waals surface area contributed by atoms with Crippen molar-refractivity contribution < 1.29 is 9.53 Å². The van der Waals surface area contributed by atoms with Crippen LogP contribution in [0.4, 0.5) is 5.69 Å². The van der Waals surface area contributed by atoms with Crippen LogP contribution in [0.5, 0.6) is 0 Å². The van der Waals surface area contributed by atoms with Crippen LogP contribution >= 0.6 is 0 Å². The minimum Gasteiger partial charge on any atom is -0.374 e. The third kappa shape index (κ3) is 5.16. The molecular formula is C22H28N2O2. The van der Waals surface area contributed by atoms with E-state index in [-0.39, 0.29) is 12.0 Å². The molecule has 4 nitrogen and oxygen atoms in total. The van der Waals surface area contributed by atoms with Crippen LogP contribution in [0, 0.1) is 0 Å². The molecule has 2 aromatic rings. The summed E-state index contributed by atoms with van der Waals surface area (Å²) in [4.78, 5) is 16.7. The lowest BCUT2D eigenvalue weighted by molar-refractivity contribution is -0.119. The molecule has 0 saturated carbocycles. The number of rotatable bonds is 7. The number of carbonyl (C=O) groups is 1. The molecule has 4 heteroatoms. The molecule has 0 aliphatic carbocycles. The Morgan fingerprint density at radius 3 is 2.50 bits per heavy atom. The molecule has 1 heterocycles. The van der Waals surface area contributed by atoms with Crippen LogP contribution in [0.15, 0.2) is 60.7 Å². The number of anilines is 1. The number of ether oxygens (including phenoxy) is 1. The molecule has 1 saturated heterocycles. The summed E-state index contributed by atoms with van der Waals surface area (Å²) in [5.74, 6) is 0.140. The number of amides is 1. The summed E-state index contributed by atoms with van der Waals surface area (Å²) in [7, 11) is 0. The van der Waals surface area contributed by atoms with E-state index in [4.69, 9.17) is 4.74 Å². The van der Waals surface area contributed by atoms with Gasteiger partial charge < -0.3 is 9.64 Å². The highest BCUT2D eigenvalue weighted by Crippen LogP contribution is 2.17. The van der Waals surface area contributed by atoms with Gasteiger partial charge in [0.2, 0.25) is 5.91 Å². The van der Waals surface area contributed by atoms with Crippen molar-refractivity contribution in [2.24, 2.45) is 0 Å². The minimum atomic E-state index is 0.0511. The Morgan fingerprint density at radius 1 is 1.12 bits per heavy atom. The quantitative estimate of drug-likeness (QED) is 0.766. The maximum Gasteiger partial charge on any atom is 0.226 e. The van der Waals surface area contributed by atoms with Gasteiger partial charge >= 0.3 is 0 Å². The van der Waals surface area contributed by atoms with Gasteiger partial charge in [0, 0.05) is 31.7 Å². The van der Waals surface area contributed by atoms with Crippen molar-refractivity contribution in [1.29, 1.82) is 0 Å². The molecule has 0 unspecified atom stereocenters. The molecular weight excluding hydrogens is 324 g/mol. The van der Waals surface area contributed by atoms with Crippen molar-refractivity contribution in [3.63, 3.8) is 0 Å². The van der Waals surface area contributed by atoms with Crippen LogP contribution in [0.2, 0.25) is 0 Å². The molecule has 2 aromatic carbocycles. The van der Waals surface area contributed by atoms with Gasteiger partial charge in [-0.15, -0.1) is 0 Å². The van der Waals surface area contributed by atoms with Crippen molar-refractivity contribution in [3.05, 3.63) is 66.2 Å². The highest BCUT2D eigenvalue weighted by atomic mass is 16.5. The minimum absolute atomic E-state index is 0.0511. The Morgan fingerprint density at radius 2 is 1.81 bits per heavy atom. The van der Waals surface area contributed by atoms with Crippen LogP contribution < -0.4 is 4.90 Å². The molecule has 1 amide bonds. The van der Waals surface area contributed by atoms with Crippen LogP contribution in [0.1, 0.15) is 18.9 Å². The molecule has 0 spiro atoms. The summed E-state index contributed by atoms with van der Waals surface area (Å²) in [6, 6.07) is 20.5. The van der Waals surface area contributed by atoms with Crippen LogP contribution in [0.25, 0.3) is 0 Å². The summed E-state index contributed by atoms with van der Waals surface area (Å²) in [5.41, 5.74) is 2.31. The number of nitrogens with zero attached hydrogens (tertiary/aromatic N) is 2. The second kappa shape index (κ2) is 9.51. The van der Waals surface area contributed by atoms with E-state index in [2.05, 4.69) is 35.2 Å². The van der Waals surface area contributed by atoms with E-state index in [0.717, 1.165) is 38.3 Å². The first-order chi connectivity index (χ1) is 12.8. The van der Waals surface area contributed by atoms with E-state index in [9.17, 15) is 4.79 Å². The van der Waals surface area contributed by atoms with E-state index in [1.165, 1.54) is 5.56 Å². The van der Waals surface area contributed by atoms with E-state index in [1.807, 2.05) is 42.2 Å². The van der Waals surface area contributed by atoms with Gasteiger partial charge in [0.15, 0.2) is 0 Å². The van der Waals surface area contributed by atoms with E-state index in [1.54, 1.807) is 0 Å². The predicted molar refractivity (Wildman–Crippen MR) is 105 cm³/mol. The molecule has 0 radical (unpaired) electrons. The zero-order valence-electron chi connectivity index (χ0n) is 15.5. The SMILES string of the molecule is CCC(=O)N(C[C@@H]1CN(CCc2ccccc2)CCO1)c1ccccc1. The van der Waals surface area contributed by atoms with Crippen molar-refractivity contribution in [3.8, 4) is 0 Å². The lowest BCUT2D eigenvalue weighted by atomic mass is 10.1. The van der Waals surface area contributed by atoms with E-state index < -0.39 is 0 Å². The molecule has 1 fully saturated rings. The fraction of sp³-hybridized carbons (Fsp3) is 0.409. The summed E-state index contributed by atoms with van der Waals surface area (Å²) in [6.45, 7) is 6.09. The zero-order valence-corrected chi connectivity index (χ0v) is 15.5. The lowest BCUT2D eigenvalue weighted by Crippen LogP contribution is -2.49. The topological polar surface area (TPSA) is 32.8 Å². The van der Waals surface area contributed by atoms with Gasteiger partial charge in [-0.1, -0.05) is 55.5 Å². The Hall–Kier alpha value is -2.17. The Kier molecular flexibility index (Phi) is 6.81. The standard InChI is InChI=1S/C22H28N2O2/c1-2-22(25)24(20-11-7-4-8-12-20)18-21-17-23(15-16-26-21)14-13-19-9-5-3-6-10-19/h3-12,21H,2,13-18H2,1H3/t21-/m0/s1. The average molecular weight is 352 g/mol. The van der Waals surface area contributed by atoms with E-state index >= 15 is 0 Å². The number of benzene rings is 2. The summed E-state index contributed by atoms with van der Waals surface area (Å²) >= 11 is 0. The van der Waals surface area contributed by atoms with Crippen molar-refractivity contribution >= 4 is 11.6 Å². The van der Waals surface area contributed by atoms with Gasteiger partial charge in [-0.2, -0.15) is 0 Å². The Balaban J connectivity index is 1.58. The van der Waals surface area contributed by atoms with Gasteiger partial charge in [-0.3, -0.25) is 9.69 Å². The monoisotopic (exact) mass is 352 g/mol. The smallest absolute Gasteiger partial charge is 0.226 e.